The summed E-state index contributed by atoms with van der Waals surface area (Å²) in [6.07, 6.45) is 1.79. The first-order valence-electron chi connectivity index (χ1n) is 12.2. The Morgan fingerprint density at radius 2 is 1.22 bits per heavy atom. The first kappa shape index (κ1) is 33.3. The van der Waals surface area contributed by atoms with Crippen LogP contribution in [0.25, 0.3) is 0 Å². The van der Waals surface area contributed by atoms with E-state index >= 15 is 0 Å². The van der Waals surface area contributed by atoms with Gasteiger partial charge < -0.3 is 10.5 Å². The molecule has 218 valence electrons. The number of benzene rings is 3. The van der Waals surface area contributed by atoms with E-state index < -0.39 is 26.3 Å². The topological polar surface area (TPSA) is 174 Å². The third-order valence-corrected chi connectivity index (χ3v) is 7.07. The van der Waals surface area contributed by atoms with Crippen molar-refractivity contribution in [1.82, 2.24) is 4.98 Å². The largest absolute Gasteiger partial charge is 0.461 e. The van der Waals surface area contributed by atoms with Gasteiger partial charge in [0.05, 0.1) is 27.9 Å². The smallest absolute Gasteiger partial charge is 0.308 e. The van der Waals surface area contributed by atoms with E-state index in [9.17, 15) is 21.6 Å². The lowest BCUT2D eigenvalue weighted by molar-refractivity contribution is -0.145. The third-order valence-electron chi connectivity index (χ3n) is 5.33. The van der Waals surface area contributed by atoms with Gasteiger partial charge in [-0.25, -0.2) is 0 Å². The molecule has 0 bridgehead atoms. The molecule has 1 heterocycles. The first-order valence-corrected chi connectivity index (χ1v) is 15.1. The predicted molar refractivity (Wildman–Crippen MR) is 154 cm³/mol. The van der Waals surface area contributed by atoms with E-state index in [-0.39, 0.29) is 28.8 Å². The summed E-state index contributed by atoms with van der Waals surface area (Å²) in [6, 6.07) is 26.6. The molecule has 0 fully saturated rings. The summed E-state index contributed by atoms with van der Waals surface area (Å²) >= 11 is 0. The maximum Gasteiger partial charge on any atom is 0.308 e. The first-order chi connectivity index (χ1) is 19.3. The summed E-state index contributed by atoms with van der Waals surface area (Å²) in [4.78, 5) is 15.7. The van der Waals surface area contributed by atoms with E-state index in [4.69, 9.17) is 19.6 Å². The Hall–Kier alpha value is -3.94. The fourth-order valence-electron chi connectivity index (χ4n) is 3.10. The molecule has 4 aromatic rings. The molecule has 1 atom stereocenters. The number of nitrogens with zero attached hydrogens (tertiary/aromatic N) is 1. The number of rotatable bonds is 7. The van der Waals surface area contributed by atoms with Crippen LogP contribution in [0.15, 0.2) is 113 Å². The maximum atomic E-state index is 11.7. The lowest BCUT2D eigenvalue weighted by Gasteiger charge is -2.10. The maximum absolute atomic E-state index is 11.7. The highest BCUT2D eigenvalue weighted by molar-refractivity contribution is 7.86. The number of ether oxygens (including phenoxy) is 1. The standard InChI is InChI=1S/C15H16N2O2.2C7H8O3S/c16-13(14-8-4-5-9-17-14)10-15(18)19-11-12-6-2-1-3-7-12;2*1-6-2-4-7(5-3-6)11(8,9)10/h1-9,13H,10-11,16H2;2*2-5H,1H3,(H,8,9,10). The summed E-state index contributed by atoms with van der Waals surface area (Å²) < 4.78 is 64.3. The molecule has 4 N–H and O–H groups in total. The van der Waals surface area contributed by atoms with Crippen LogP contribution in [0.5, 0.6) is 0 Å². The molecule has 0 radical (unpaired) electrons. The van der Waals surface area contributed by atoms with Crippen molar-refractivity contribution in [3.8, 4) is 0 Å². The summed E-state index contributed by atoms with van der Waals surface area (Å²) in [5, 5.41) is 0. The zero-order chi connectivity index (χ0) is 30.5. The van der Waals surface area contributed by atoms with Crippen molar-refractivity contribution in [2.75, 3.05) is 0 Å². The van der Waals surface area contributed by atoms with E-state index in [0.29, 0.717) is 5.69 Å². The number of hydrogen-bond acceptors (Lipinski definition) is 8. The zero-order valence-electron chi connectivity index (χ0n) is 22.5. The molecule has 12 heteroatoms. The molecule has 0 spiro atoms. The van der Waals surface area contributed by atoms with Crippen molar-refractivity contribution in [3.63, 3.8) is 0 Å². The second-order valence-corrected chi connectivity index (χ2v) is 11.6. The molecule has 41 heavy (non-hydrogen) atoms. The number of aromatic nitrogens is 1. The minimum atomic E-state index is -4.02. The second-order valence-electron chi connectivity index (χ2n) is 8.79. The third kappa shape index (κ3) is 12.8. The molecular weight excluding hydrogens is 568 g/mol. The SMILES string of the molecule is Cc1ccc(S(=O)(=O)O)cc1.Cc1ccc(S(=O)(=O)O)cc1.NC(CC(=O)OCc1ccccc1)c1ccccn1. The molecule has 0 saturated heterocycles. The van der Waals surface area contributed by atoms with Crippen molar-refractivity contribution in [3.05, 3.63) is 126 Å². The molecule has 1 unspecified atom stereocenters. The van der Waals surface area contributed by atoms with E-state index in [1.165, 1.54) is 24.3 Å². The summed E-state index contributed by atoms with van der Waals surface area (Å²) in [6.45, 7) is 3.95. The van der Waals surface area contributed by atoms with Crippen molar-refractivity contribution in [2.24, 2.45) is 5.73 Å². The van der Waals surface area contributed by atoms with Crippen LogP contribution < -0.4 is 5.73 Å². The van der Waals surface area contributed by atoms with Crippen LogP contribution in [0.1, 0.15) is 34.8 Å². The van der Waals surface area contributed by atoms with Crippen molar-refractivity contribution in [2.45, 2.75) is 42.7 Å². The molecule has 3 aromatic carbocycles. The summed E-state index contributed by atoms with van der Waals surface area (Å²) in [5.74, 6) is -0.318. The average Bonchev–Trinajstić information content (AvgIpc) is 2.93. The molecule has 0 aliphatic heterocycles. The van der Waals surface area contributed by atoms with E-state index in [2.05, 4.69) is 4.98 Å². The predicted octanol–water partition coefficient (Wildman–Crippen LogP) is 4.70. The Morgan fingerprint density at radius 3 is 1.63 bits per heavy atom. The Labute approximate surface area is 240 Å². The average molecular weight is 601 g/mol. The van der Waals surface area contributed by atoms with Crippen LogP contribution in [0.2, 0.25) is 0 Å². The van der Waals surface area contributed by atoms with Crippen molar-refractivity contribution < 1.29 is 35.5 Å². The van der Waals surface area contributed by atoms with Crippen molar-refractivity contribution in [1.29, 1.82) is 0 Å². The zero-order valence-corrected chi connectivity index (χ0v) is 24.1. The fourth-order valence-corrected chi connectivity index (χ4v) is 4.06. The van der Waals surface area contributed by atoms with E-state index in [1.807, 2.05) is 56.3 Å². The number of hydrogen-bond donors (Lipinski definition) is 3. The van der Waals surface area contributed by atoms with Gasteiger partial charge in [-0.2, -0.15) is 16.8 Å². The van der Waals surface area contributed by atoms with Gasteiger partial charge in [-0.05, 0) is 55.8 Å². The van der Waals surface area contributed by atoms with Gasteiger partial charge in [0.1, 0.15) is 6.61 Å². The molecular formula is C29H32N2O8S2. The Balaban J connectivity index is 0.000000230. The Kier molecular flexibility index (Phi) is 12.8. The Morgan fingerprint density at radius 1 is 0.756 bits per heavy atom. The van der Waals surface area contributed by atoms with E-state index in [0.717, 1.165) is 16.7 Å². The number of aryl methyl sites for hydroxylation is 2. The van der Waals surface area contributed by atoms with Gasteiger partial charge in [0, 0.05) is 6.20 Å². The minimum absolute atomic E-state index is 0.0666. The fraction of sp³-hybridized carbons (Fsp3) is 0.172. The van der Waals surface area contributed by atoms with Gasteiger partial charge in [-0.3, -0.25) is 18.9 Å². The quantitative estimate of drug-likeness (QED) is 0.199. The molecule has 4 rings (SSSR count). The van der Waals surface area contributed by atoms with Crippen LogP contribution in [0.4, 0.5) is 0 Å². The summed E-state index contributed by atoms with van der Waals surface area (Å²) in [5.41, 5.74) is 9.47. The van der Waals surface area contributed by atoms with Gasteiger partial charge in [0.25, 0.3) is 20.2 Å². The summed E-state index contributed by atoms with van der Waals surface area (Å²) in [7, 11) is -8.04. The van der Waals surface area contributed by atoms with Gasteiger partial charge in [-0.1, -0.05) is 71.8 Å². The van der Waals surface area contributed by atoms with Gasteiger partial charge >= 0.3 is 5.97 Å². The van der Waals surface area contributed by atoms with Crippen LogP contribution in [-0.2, 0) is 36.4 Å². The lowest BCUT2D eigenvalue weighted by atomic mass is 10.1. The monoisotopic (exact) mass is 600 g/mol. The number of pyridine rings is 1. The molecule has 1 aromatic heterocycles. The minimum Gasteiger partial charge on any atom is -0.461 e. The highest BCUT2D eigenvalue weighted by atomic mass is 32.2. The molecule has 10 nitrogen and oxygen atoms in total. The normalized spacial score (nSPS) is 11.6. The lowest BCUT2D eigenvalue weighted by Crippen LogP contribution is -2.18. The van der Waals surface area contributed by atoms with Gasteiger partial charge in [0.2, 0.25) is 0 Å². The van der Waals surface area contributed by atoms with Gasteiger partial charge in [-0.15, -0.1) is 0 Å². The number of esters is 1. The molecule has 0 aliphatic carbocycles. The Bertz CT molecular complexity index is 1510. The van der Waals surface area contributed by atoms with Crippen LogP contribution in [-0.4, -0.2) is 36.9 Å². The van der Waals surface area contributed by atoms with Crippen LogP contribution in [0, 0.1) is 13.8 Å². The number of nitrogens with two attached hydrogens (primary N) is 1. The van der Waals surface area contributed by atoms with E-state index in [1.54, 1.807) is 36.5 Å². The number of carbonyl (C=O) groups excluding carboxylic acids is 1. The molecule has 0 saturated carbocycles. The second kappa shape index (κ2) is 15.7. The van der Waals surface area contributed by atoms with Gasteiger partial charge in [0.15, 0.2) is 0 Å². The van der Waals surface area contributed by atoms with Crippen LogP contribution in [0.3, 0.4) is 0 Å². The van der Waals surface area contributed by atoms with Crippen LogP contribution >= 0.6 is 0 Å². The highest BCUT2D eigenvalue weighted by Crippen LogP contribution is 2.12. The van der Waals surface area contributed by atoms with Crippen molar-refractivity contribution >= 4 is 26.2 Å². The molecule has 0 aliphatic rings. The highest BCUT2D eigenvalue weighted by Gasteiger charge is 2.13. The molecule has 0 amide bonds. The number of carbonyl (C=O) groups is 1.